The Morgan fingerprint density at radius 2 is 2.38 bits per heavy atom. The Bertz CT molecular complexity index is 208. The van der Waals surface area contributed by atoms with E-state index in [1.54, 1.807) is 0 Å². The number of hydrogen-bond acceptors (Lipinski definition) is 2. The van der Waals surface area contributed by atoms with Crippen LogP contribution in [0.4, 0.5) is 0 Å². The Balaban J connectivity index is 2.49. The van der Waals surface area contributed by atoms with E-state index in [0.29, 0.717) is 17.4 Å². The number of halogens is 2. The summed E-state index contributed by atoms with van der Waals surface area (Å²) in [4.78, 5) is 11.9. The van der Waals surface area contributed by atoms with Gasteiger partial charge in [0.15, 0.2) is 0 Å². The van der Waals surface area contributed by atoms with Crippen molar-refractivity contribution in [2.75, 3.05) is 11.9 Å². The standard InChI is InChI=1S/C9H14Br2O2/c1-3-13-8(12)9(2)4-6(9)7(11)5-10/h6-7H,3-5H2,1-2H3/t6-,7?,9-/m0/s1. The first-order chi connectivity index (χ1) is 6.06. The van der Waals surface area contributed by atoms with Crippen molar-refractivity contribution >= 4 is 37.8 Å². The molecule has 0 heterocycles. The Hall–Kier alpha value is 0.430. The molecule has 13 heavy (non-hydrogen) atoms. The van der Waals surface area contributed by atoms with Gasteiger partial charge in [0.1, 0.15) is 0 Å². The Labute approximate surface area is 95.7 Å². The summed E-state index contributed by atoms with van der Waals surface area (Å²) in [7, 11) is 0. The second-order valence-corrected chi connectivity index (χ2v) is 5.44. The van der Waals surface area contributed by atoms with E-state index in [1.165, 1.54) is 0 Å². The van der Waals surface area contributed by atoms with E-state index >= 15 is 0 Å². The third kappa shape index (κ3) is 2.27. The highest BCUT2D eigenvalue weighted by Crippen LogP contribution is 2.56. The van der Waals surface area contributed by atoms with Crippen molar-refractivity contribution in [3.8, 4) is 0 Å². The second-order valence-electron chi connectivity index (χ2n) is 3.62. The highest BCUT2D eigenvalue weighted by Gasteiger charge is 2.59. The van der Waals surface area contributed by atoms with Crippen molar-refractivity contribution in [1.29, 1.82) is 0 Å². The van der Waals surface area contributed by atoms with Crippen molar-refractivity contribution in [1.82, 2.24) is 0 Å². The molecular formula is C9H14Br2O2. The molecule has 0 aromatic heterocycles. The van der Waals surface area contributed by atoms with Crippen molar-refractivity contribution < 1.29 is 9.53 Å². The average Bonchev–Trinajstić information content (AvgIpc) is 2.79. The van der Waals surface area contributed by atoms with Gasteiger partial charge in [0.2, 0.25) is 0 Å². The van der Waals surface area contributed by atoms with Crippen LogP contribution in [0.3, 0.4) is 0 Å². The monoisotopic (exact) mass is 312 g/mol. The fourth-order valence-corrected chi connectivity index (χ4v) is 2.78. The molecule has 1 unspecified atom stereocenters. The minimum Gasteiger partial charge on any atom is -0.466 e. The Morgan fingerprint density at radius 3 is 2.85 bits per heavy atom. The fraction of sp³-hybridized carbons (Fsp3) is 0.889. The lowest BCUT2D eigenvalue weighted by Gasteiger charge is -2.12. The number of hydrogen-bond donors (Lipinski definition) is 0. The van der Waals surface area contributed by atoms with E-state index in [9.17, 15) is 4.79 Å². The van der Waals surface area contributed by atoms with Crippen LogP contribution in [0.1, 0.15) is 20.3 Å². The molecule has 2 nitrogen and oxygen atoms in total. The summed E-state index contributed by atoms with van der Waals surface area (Å²) in [6, 6.07) is 0. The van der Waals surface area contributed by atoms with E-state index < -0.39 is 0 Å². The number of esters is 1. The van der Waals surface area contributed by atoms with Gasteiger partial charge in [0.05, 0.1) is 12.0 Å². The van der Waals surface area contributed by atoms with E-state index in [1.807, 2.05) is 13.8 Å². The van der Waals surface area contributed by atoms with Crippen LogP contribution in [0.2, 0.25) is 0 Å². The van der Waals surface area contributed by atoms with Gasteiger partial charge in [-0.15, -0.1) is 0 Å². The molecule has 76 valence electrons. The molecular weight excluding hydrogens is 300 g/mol. The van der Waals surface area contributed by atoms with Gasteiger partial charge in [-0.1, -0.05) is 31.9 Å². The number of carbonyl (C=O) groups excluding carboxylic acids is 1. The first kappa shape index (κ1) is 11.5. The largest absolute Gasteiger partial charge is 0.466 e. The zero-order valence-electron chi connectivity index (χ0n) is 7.85. The van der Waals surface area contributed by atoms with E-state index in [2.05, 4.69) is 31.9 Å². The van der Waals surface area contributed by atoms with Crippen LogP contribution in [0.15, 0.2) is 0 Å². The predicted molar refractivity (Wildman–Crippen MR) is 59.4 cm³/mol. The second kappa shape index (κ2) is 4.30. The quantitative estimate of drug-likeness (QED) is 0.589. The third-order valence-corrected chi connectivity index (χ3v) is 5.16. The Morgan fingerprint density at radius 1 is 1.77 bits per heavy atom. The van der Waals surface area contributed by atoms with Crippen molar-refractivity contribution in [3.05, 3.63) is 0 Å². The molecule has 1 fully saturated rings. The van der Waals surface area contributed by atoms with Crippen LogP contribution in [0.5, 0.6) is 0 Å². The molecule has 0 aromatic carbocycles. The zero-order valence-corrected chi connectivity index (χ0v) is 11.0. The summed E-state index contributed by atoms with van der Waals surface area (Å²) in [5.74, 6) is 0.372. The lowest BCUT2D eigenvalue weighted by Crippen LogP contribution is -2.21. The average molecular weight is 314 g/mol. The van der Waals surface area contributed by atoms with E-state index in [-0.39, 0.29) is 11.4 Å². The molecule has 0 bridgehead atoms. The highest BCUT2D eigenvalue weighted by molar-refractivity contribution is 9.12. The van der Waals surface area contributed by atoms with E-state index in [4.69, 9.17) is 4.74 Å². The molecule has 0 N–H and O–H groups in total. The van der Waals surface area contributed by atoms with Crippen molar-refractivity contribution in [2.24, 2.45) is 11.3 Å². The first-order valence-electron chi connectivity index (χ1n) is 4.43. The zero-order chi connectivity index (χ0) is 10.1. The van der Waals surface area contributed by atoms with E-state index in [0.717, 1.165) is 11.8 Å². The summed E-state index contributed by atoms with van der Waals surface area (Å²) in [6.07, 6.45) is 0.938. The molecule has 0 amide bonds. The number of rotatable bonds is 4. The molecule has 0 spiro atoms. The maximum atomic E-state index is 11.5. The fourth-order valence-electron chi connectivity index (χ4n) is 1.56. The molecule has 0 saturated heterocycles. The molecule has 1 aliphatic rings. The van der Waals surface area contributed by atoms with Gasteiger partial charge >= 0.3 is 5.97 Å². The van der Waals surface area contributed by atoms with Gasteiger partial charge in [0, 0.05) is 10.2 Å². The van der Waals surface area contributed by atoms with Crippen molar-refractivity contribution in [2.45, 2.75) is 25.1 Å². The van der Waals surface area contributed by atoms with Crippen molar-refractivity contribution in [3.63, 3.8) is 0 Å². The summed E-state index contributed by atoms with van der Waals surface area (Å²) in [5, 5.41) is 0.882. The maximum absolute atomic E-state index is 11.5. The topological polar surface area (TPSA) is 26.3 Å². The normalized spacial score (nSPS) is 34.0. The van der Waals surface area contributed by atoms with Gasteiger partial charge in [-0.05, 0) is 26.2 Å². The first-order valence-corrected chi connectivity index (χ1v) is 6.47. The molecule has 4 heteroatoms. The molecule has 1 saturated carbocycles. The molecule has 1 rings (SSSR count). The third-order valence-electron chi connectivity index (χ3n) is 2.63. The van der Waals surface area contributed by atoms with Crippen LogP contribution in [-0.2, 0) is 9.53 Å². The highest BCUT2D eigenvalue weighted by atomic mass is 79.9. The summed E-state index contributed by atoms with van der Waals surface area (Å²) >= 11 is 6.94. The van der Waals surface area contributed by atoms with Crippen LogP contribution >= 0.6 is 31.9 Å². The van der Waals surface area contributed by atoms with Gasteiger partial charge in [-0.3, -0.25) is 4.79 Å². The number of alkyl halides is 2. The summed E-state index contributed by atoms with van der Waals surface area (Å²) in [6.45, 7) is 4.30. The predicted octanol–water partition coefficient (Wildman–Crippen LogP) is 2.73. The smallest absolute Gasteiger partial charge is 0.312 e. The summed E-state index contributed by atoms with van der Waals surface area (Å²) < 4.78 is 5.02. The van der Waals surface area contributed by atoms with Gasteiger partial charge in [-0.25, -0.2) is 0 Å². The van der Waals surface area contributed by atoms with Gasteiger partial charge in [0.25, 0.3) is 0 Å². The maximum Gasteiger partial charge on any atom is 0.312 e. The molecule has 0 aromatic rings. The van der Waals surface area contributed by atoms with Crippen LogP contribution in [0.25, 0.3) is 0 Å². The molecule has 0 aliphatic heterocycles. The van der Waals surface area contributed by atoms with Crippen LogP contribution < -0.4 is 0 Å². The number of carbonyl (C=O) groups is 1. The Kier molecular flexibility index (Phi) is 3.81. The minimum atomic E-state index is -0.238. The SMILES string of the molecule is CCOC(=O)[C@@]1(C)C[C@H]1C(Br)CBr. The lowest BCUT2D eigenvalue weighted by atomic mass is 10.1. The van der Waals surface area contributed by atoms with Gasteiger partial charge < -0.3 is 4.74 Å². The number of ether oxygens (including phenoxy) is 1. The summed E-state index contributed by atoms with van der Waals surface area (Å²) in [5.41, 5.74) is -0.238. The lowest BCUT2D eigenvalue weighted by molar-refractivity contribution is -0.149. The van der Waals surface area contributed by atoms with Crippen LogP contribution in [0, 0.1) is 11.3 Å². The molecule has 0 radical (unpaired) electrons. The van der Waals surface area contributed by atoms with Gasteiger partial charge in [-0.2, -0.15) is 0 Å². The molecule has 3 atom stereocenters. The van der Waals surface area contributed by atoms with Crippen LogP contribution in [-0.4, -0.2) is 22.7 Å². The minimum absolute atomic E-state index is 0.0506. The molecule has 1 aliphatic carbocycles.